The predicted octanol–water partition coefficient (Wildman–Crippen LogP) is 3.09. The maximum Gasteiger partial charge on any atom is 0.241 e. The zero-order chi connectivity index (χ0) is 15.1. The van der Waals surface area contributed by atoms with E-state index in [-0.39, 0.29) is 11.5 Å². The first-order valence-electron chi connectivity index (χ1n) is 7.24. The van der Waals surface area contributed by atoms with E-state index in [1.54, 1.807) is 30.5 Å². The summed E-state index contributed by atoms with van der Waals surface area (Å²) >= 11 is 0. The van der Waals surface area contributed by atoms with Crippen LogP contribution in [-0.2, 0) is 10.0 Å². The molecule has 5 heteroatoms. The van der Waals surface area contributed by atoms with Crippen LogP contribution in [0.5, 0.6) is 0 Å². The zero-order valence-electron chi connectivity index (χ0n) is 12.3. The highest BCUT2D eigenvalue weighted by molar-refractivity contribution is 7.89. The monoisotopic (exact) mass is 304 g/mol. The Labute approximate surface area is 125 Å². The van der Waals surface area contributed by atoms with Gasteiger partial charge in [-0.05, 0) is 48.9 Å². The second kappa shape index (κ2) is 5.07. The van der Waals surface area contributed by atoms with E-state index >= 15 is 0 Å². The van der Waals surface area contributed by atoms with Crippen LogP contribution in [0.25, 0.3) is 10.9 Å². The van der Waals surface area contributed by atoms with Crippen molar-refractivity contribution in [1.82, 2.24) is 9.71 Å². The number of hydrogen-bond acceptors (Lipinski definition) is 3. The summed E-state index contributed by atoms with van der Waals surface area (Å²) in [5, 5.41) is 0.671. The van der Waals surface area contributed by atoms with Gasteiger partial charge in [0.1, 0.15) is 0 Å². The highest BCUT2D eigenvalue weighted by atomic mass is 32.2. The SMILES string of the molecule is CC1(C)CCC(NS(=O)(=O)c2cccc3ncccc23)C1. The summed E-state index contributed by atoms with van der Waals surface area (Å²) in [5.74, 6) is 0. The molecular formula is C16H20N2O2S. The number of fused-ring (bicyclic) bond motifs is 1. The van der Waals surface area contributed by atoms with E-state index in [0.29, 0.717) is 15.8 Å². The molecule has 21 heavy (non-hydrogen) atoms. The summed E-state index contributed by atoms with van der Waals surface area (Å²) in [6.45, 7) is 4.37. The Bertz CT molecular complexity index is 763. The second-order valence-corrected chi connectivity index (χ2v) is 8.23. The summed E-state index contributed by atoms with van der Waals surface area (Å²) in [5.41, 5.74) is 0.917. The summed E-state index contributed by atoms with van der Waals surface area (Å²) in [7, 11) is -3.51. The minimum absolute atomic E-state index is 0.0249. The summed E-state index contributed by atoms with van der Waals surface area (Å²) in [4.78, 5) is 4.54. The van der Waals surface area contributed by atoms with E-state index in [9.17, 15) is 8.42 Å². The Hall–Kier alpha value is -1.46. The molecule has 0 saturated heterocycles. The van der Waals surface area contributed by atoms with Crippen LogP contribution in [0.4, 0.5) is 0 Å². The van der Waals surface area contributed by atoms with Crippen molar-refractivity contribution in [2.75, 3.05) is 0 Å². The molecule has 1 unspecified atom stereocenters. The quantitative estimate of drug-likeness (QED) is 0.948. The van der Waals surface area contributed by atoms with Crippen molar-refractivity contribution < 1.29 is 8.42 Å². The van der Waals surface area contributed by atoms with Gasteiger partial charge in [0.15, 0.2) is 0 Å². The Kier molecular flexibility index (Phi) is 3.50. The molecular weight excluding hydrogens is 284 g/mol. The highest BCUT2D eigenvalue weighted by Gasteiger charge is 2.33. The Morgan fingerprint density at radius 1 is 1.24 bits per heavy atom. The molecule has 1 fully saturated rings. The van der Waals surface area contributed by atoms with Crippen molar-refractivity contribution in [3.05, 3.63) is 36.5 Å². The fourth-order valence-corrected chi connectivity index (χ4v) is 4.62. The Balaban J connectivity index is 1.94. The Morgan fingerprint density at radius 3 is 2.76 bits per heavy atom. The molecule has 1 aromatic heterocycles. The molecule has 1 aliphatic carbocycles. The number of nitrogens with zero attached hydrogens (tertiary/aromatic N) is 1. The molecule has 3 rings (SSSR count). The van der Waals surface area contributed by atoms with Crippen molar-refractivity contribution in [2.45, 2.75) is 44.0 Å². The lowest BCUT2D eigenvalue weighted by atomic mass is 9.92. The van der Waals surface area contributed by atoms with Crippen LogP contribution < -0.4 is 4.72 Å². The predicted molar refractivity (Wildman–Crippen MR) is 83.5 cm³/mol. The summed E-state index contributed by atoms with van der Waals surface area (Å²) in [6.07, 6.45) is 4.51. The van der Waals surface area contributed by atoms with E-state index in [0.717, 1.165) is 19.3 Å². The molecule has 4 nitrogen and oxygen atoms in total. The van der Waals surface area contributed by atoms with Crippen molar-refractivity contribution >= 4 is 20.9 Å². The van der Waals surface area contributed by atoms with Crippen LogP contribution in [0.1, 0.15) is 33.1 Å². The first-order valence-corrected chi connectivity index (χ1v) is 8.72. The first-order chi connectivity index (χ1) is 9.87. The molecule has 0 spiro atoms. The molecule has 0 amide bonds. The van der Waals surface area contributed by atoms with Crippen LogP contribution in [0.2, 0.25) is 0 Å². The lowest BCUT2D eigenvalue weighted by Gasteiger charge is -2.18. The molecule has 1 N–H and O–H groups in total. The second-order valence-electron chi connectivity index (χ2n) is 6.55. The number of hydrogen-bond donors (Lipinski definition) is 1. The first kappa shape index (κ1) is 14.5. The van der Waals surface area contributed by atoms with Crippen LogP contribution in [0.15, 0.2) is 41.4 Å². The third-order valence-electron chi connectivity index (χ3n) is 4.19. The normalized spacial score (nSPS) is 21.7. The highest BCUT2D eigenvalue weighted by Crippen LogP contribution is 2.37. The smallest absolute Gasteiger partial charge is 0.241 e. The molecule has 1 saturated carbocycles. The van der Waals surface area contributed by atoms with Crippen LogP contribution in [0.3, 0.4) is 0 Å². The maximum absolute atomic E-state index is 12.7. The van der Waals surface area contributed by atoms with E-state index < -0.39 is 10.0 Å². The molecule has 0 bridgehead atoms. The van der Waals surface area contributed by atoms with Crippen molar-refractivity contribution in [1.29, 1.82) is 0 Å². The number of aromatic nitrogens is 1. The van der Waals surface area contributed by atoms with Crippen LogP contribution in [0, 0.1) is 5.41 Å². The minimum Gasteiger partial charge on any atom is -0.256 e. The van der Waals surface area contributed by atoms with Gasteiger partial charge in [-0.2, -0.15) is 0 Å². The van der Waals surface area contributed by atoms with E-state index in [2.05, 4.69) is 23.6 Å². The molecule has 112 valence electrons. The fraction of sp³-hybridized carbons (Fsp3) is 0.438. The topological polar surface area (TPSA) is 59.1 Å². The molecule has 0 radical (unpaired) electrons. The van der Waals surface area contributed by atoms with E-state index in [1.165, 1.54) is 0 Å². The average Bonchev–Trinajstić information content (AvgIpc) is 2.76. The van der Waals surface area contributed by atoms with Crippen molar-refractivity contribution in [2.24, 2.45) is 5.41 Å². The number of pyridine rings is 1. The van der Waals surface area contributed by atoms with Gasteiger partial charge in [-0.15, -0.1) is 0 Å². The zero-order valence-corrected chi connectivity index (χ0v) is 13.2. The van der Waals surface area contributed by atoms with Gasteiger partial charge in [0.25, 0.3) is 0 Å². The molecule has 1 aromatic carbocycles. The average molecular weight is 304 g/mol. The lowest BCUT2D eigenvalue weighted by Crippen LogP contribution is -2.33. The minimum atomic E-state index is -3.51. The van der Waals surface area contributed by atoms with Crippen molar-refractivity contribution in [3.8, 4) is 0 Å². The van der Waals surface area contributed by atoms with Gasteiger partial charge in [0, 0.05) is 17.6 Å². The number of rotatable bonds is 3. The molecule has 1 aliphatic rings. The van der Waals surface area contributed by atoms with E-state index in [4.69, 9.17) is 0 Å². The third-order valence-corrected chi connectivity index (χ3v) is 5.76. The fourth-order valence-electron chi connectivity index (χ4n) is 3.13. The van der Waals surface area contributed by atoms with Gasteiger partial charge in [-0.1, -0.05) is 19.9 Å². The van der Waals surface area contributed by atoms with Gasteiger partial charge in [-0.25, -0.2) is 13.1 Å². The Morgan fingerprint density at radius 2 is 2.05 bits per heavy atom. The van der Waals surface area contributed by atoms with Crippen LogP contribution >= 0.6 is 0 Å². The van der Waals surface area contributed by atoms with Gasteiger partial charge in [-0.3, -0.25) is 4.98 Å². The number of nitrogens with one attached hydrogen (secondary N) is 1. The van der Waals surface area contributed by atoms with Gasteiger partial charge >= 0.3 is 0 Å². The lowest BCUT2D eigenvalue weighted by molar-refractivity contribution is 0.372. The van der Waals surface area contributed by atoms with Crippen LogP contribution in [-0.4, -0.2) is 19.4 Å². The third kappa shape index (κ3) is 2.94. The molecule has 1 heterocycles. The van der Waals surface area contributed by atoms with Crippen molar-refractivity contribution in [3.63, 3.8) is 0 Å². The molecule has 2 aromatic rings. The summed E-state index contributed by atoms with van der Waals surface area (Å²) in [6, 6.07) is 8.80. The summed E-state index contributed by atoms with van der Waals surface area (Å²) < 4.78 is 28.2. The molecule has 1 atom stereocenters. The number of benzene rings is 1. The van der Waals surface area contributed by atoms with Gasteiger partial charge in [0.05, 0.1) is 10.4 Å². The molecule has 0 aliphatic heterocycles. The van der Waals surface area contributed by atoms with Gasteiger partial charge < -0.3 is 0 Å². The van der Waals surface area contributed by atoms with E-state index in [1.807, 2.05) is 6.07 Å². The standard InChI is InChI=1S/C16H20N2O2S/c1-16(2)9-8-12(11-16)18-21(19,20)15-7-3-6-14-13(15)5-4-10-17-14/h3-7,10,12,18H,8-9,11H2,1-2H3. The number of sulfonamides is 1. The largest absolute Gasteiger partial charge is 0.256 e. The van der Waals surface area contributed by atoms with Gasteiger partial charge in [0.2, 0.25) is 10.0 Å². The maximum atomic E-state index is 12.7.